The molecule has 7 heteroatoms. The Hall–Kier alpha value is -1.66. The van der Waals surface area contributed by atoms with Gasteiger partial charge in [0.1, 0.15) is 0 Å². The van der Waals surface area contributed by atoms with Gasteiger partial charge in [-0.1, -0.05) is 19.0 Å². The summed E-state index contributed by atoms with van der Waals surface area (Å²) in [6.07, 6.45) is 6.84. The summed E-state index contributed by atoms with van der Waals surface area (Å²) in [6.45, 7) is 4.16. The van der Waals surface area contributed by atoms with Crippen LogP contribution in [0.1, 0.15) is 86.0 Å². The monoisotopic (exact) mass is 404 g/mol. The second kappa shape index (κ2) is 7.30. The molecule has 2 aromatic heterocycles. The van der Waals surface area contributed by atoms with Gasteiger partial charge in [0, 0.05) is 36.8 Å². The highest BCUT2D eigenvalue weighted by molar-refractivity contribution is 6.06. The van der Waals surface area contributed by atoms with Gasteiger partial charge in [-0.3, -0.25) is 4.79 Å². The van der Waals surface area contributed by atoms with Crippen LogP contribution in [0.2, 0.25) is 0 Å². The number of carbonyl (C=O) groups is 1. The lowest BCUT2D eigenvalue weighted by atomic mass is 9.96. The summed E-state index contributed by atoms with van der Waals surface area (Å²) >= 11 is 0. The first kappa shape index (κ1) is 19.6. The predicted octanol–water partition coefficient (Wildman–Crippen LogP) is 4.00. The second-order valence-corrected chi connectivity index (χ2v) is 8.95. The van der Waals surface area contributed by atoms with Gasteiger partial charge in [-0.25, -0.2) is 4.98 Å². The number of rotatable bonds is 4. The first-order chi connectivity index (χ1) is 13.0. The molecule has 1 aliphatic carbocycles. The first-order valence-electron chi connectivity index (χ1n) is 10.3. The maximum atomic E-state index is 13.6. The van der Waals surface area contributed by atoms with Gasteiger partial charge in [0.15, 0.2) is 0 Å². The SMILES string of the molecule is CC(C)c1noc2nc(C3CC3)cc(C(=O)N(C)C3CC4CCC(C3)N4)c12.Cl. The quantitative estimate of drug-likeness (QED) is 0.833. The third-order valence-electron chi connectivity index (χ3n) is 6.58. The molecule has 0 radical (unpaired) electrons. The molecule has 1 amide bonds. The molecule has 2 unspecified atom stereocenters. The minimum absolute atomic E-state index is 0. The summed E-state index contributed by atoms with van der Waals surface area (Å²) in [4.78, 5) is 20.2. The number of hydrogen-bond donors (Lipinski definition) is 1. The normalized spacial score (nSPS) is 26.5. The van der Waals surface area contributed by atoms with Crippen molar-refractivity contribution in [2.24, 2.45) is 0 Å². The zero-order valence-electron chi connectivity index (χ0n) is 16.8. The molecule has 2 aliphatic heterocycles. The highest BCUT2D eigenvalue weighted by Gasteiger charge is 2.37. The van der Waals surface area contributed by atoms with E-state index in [1.165, 1.54) is 12.8 Å². The highest BCUT2D eigenvalue weighted by Crippen LogP contribution is 2.41. The van der Waals surface area contributed by atoms with Crippen molar-refractivity contribution in [1.82, 2.24) is 20.4 Å². The van der Waals surface area contributed by atoms with Crippen LogP contribution in [0.15, 0.2) is 10.6 Å². The maximum Gasteiger partial charge on any atom is 0.259 e. The van der Waals surface area contributed by atoms with E-state index in [0.29, 0.717) is 29.8 Å². The van der Waals surface area contributed by atoms with Crippen LogP contribution in [0.4, 0.5) is 0 Å². The van der Waals surface area contributed by atoms with E-state index in [1.54, 1.807) is 0 Å². The summed E-state index contributed by atoms with van der Waals surface area (Å²) < 4.78 is 5.55. The van der Waals surface area contributed by atoms with Crippen molar-refractivity contribution in [2.45, 2.75) is 82.3 Å². The zero-order valence-corrected chi connectivity index (χ0v) is 17.6. The Bertz CT molecular complexity index is 880. The molecule has 0 aromatic carbocycles. The number of fused-ring (bicyclic) bond motifs is 3. The third-order valence-corrected chi connectivity index (χ3v) is 6.58. The topological polar surface area (TPSA) is 71.3 Å². The lowest BCUT2D eigenvalue weighted by molar-refractivity contribution is 0.0683. The molecule has 4 heterocycles. The van der Waals surface area contributed by atoms with Crippen LogP contribution < -0.4 is 5.32 Å². The Labute approximate surface area is 171 Å². The molecule has 2 bridgehead atoms. The van der Waals surface area contributed by atoms with E-state index in [-0.39, 0.29) is 24.2 Å². The van der Waals surface area contributed by atoms with Crippen molar-refractivity contribution in [3.63, 3.8) is 0 Å². The maximum absolute atomic E-state index is 13.6. The molecule has 152 valence electrons. The van der Waals surface area contributed by atoms with Crippen LogP contribution in [-0.4, -0.2) is 46.1 Å². The number of pyridine rings is 1. The van der Waals surface area contributed by atoms with E-state index in [0.717, 1.165) is 48.0 Å². The van der Waals surface area contributed by atoms with Crippen molar-refractivity contribution < 1.29 is 9.32 Å². The molecule has 0 spiro atoms. The standard InChI is InChI=1S/C21H28N4O2.ClH/c1-11(2)19-18-16(10-17(12-4-5-12)23-20(18)27-24-19)21(26)25(3)15-8-13-6-7-14(9-15)22-13;/h10-15,22H,4-9H2,1-3H3;1H. The van der Waals surface area contributed by atoms with Gasteiger partial charge in [0.2, 0.25) is 0 Å². The average molecular weight is 405 g/mol. The number of carbonyl (C=O) groups excluding carboxylic acids is 1. The summed E-state index contributed by atoms with van der Waals surface area (Å²) in [7, 11) is 1.96. The van der Waals surface area contributed by atoms with Gasteiger partial charge in [-0.15, -0.1) is 12.4 Å². The zero-order chi connectivity index (χ0) is 18.7. The Morgan fingerprint density at radius 1 is 1.21 bits per heavy atom. The van der Waals surface area contributed by atoms with Crippen LogP contribution in [0.3, 0.4) is 0 Å². The third kappa shape index (κ3) is 3.30. The average Bonchev–Trinajstić information content (AvgIpc) is 3.34. The number of amides is 1. The van der Waals surface area contributed by atoms with Gasteiger partial charge in [-0.2, -0.15) is 0 Å². The molecule has 3 fully saturated rings. The Kier molecular flexibility index (Phi) is 5.12. The molecule has 28 heavy (non-hydrogen) atoms. The molecule has 5 rings (SSSR count). The van der Waals surface area contributed by atoms with Gasteiger partial charge in [0.05, 0.1) is 16.6 Å². The number of hydrogen-bond acceptors (Lipinski definition) is 5. The second-order valence-electron chi connectivity index (χ2n) is 8.95. The van der Waals surface area contributed by atoms with E-state index >= 15 is 0 Å². The summed E-state index contributed by atoms with van der Waals surface area (Å²) in [6, 6.07) is 3.43. The fraction of sp³-hybridized carbons (Fsp3) is 0.667. The smallest absolute Gasteiger partial charge is 0.259 e. The van der Waals surface area contributed by atoms with E-state index in [1.807, 2.05) is 18.0 Å². The van der Waals surface area contributed by atoms with Crippen LogP contribution in [-0.2, 0) is 0 Å². The number of nitrogens with one attached hydrogen (secondary N) is 1. The predicted molar refractivity (Wildman–Crippen MR) is 110 cm³/mol. The highest BCUT2D eigenvalue weighted by atomic mass is 35.5. The number of piperidine rings is 1. The Morgan fingerprint density at radius 2 is 1.89 bits per heavy atom. The molecule has 2 saturated heterocycles. The van der Waals surface area contributed by atoms with Crippen molar-refractivity contribution >= 4 is 29.4 Å². The van der Waals surface area contributed by atoms with E-state index < -0.39 is 0 Å². The largest absolute Gasteiger partial charge is 0.339 e. The van der Waals surface area contributed by atoms with Crippen LogP contribution in [0, 0.1) is 0 Å². The van der Waals surface area contributed by atoms with Crippen molar-refractivity contribution in [3.8, 4) is 0 Å². The molecule has 1 N–H and O–H groups in total. The molecule has 2 aromatic rings. The minimum Gasteiger partial charge on any atom is -0.339 e. The van der Waals surface area contributed by atoms with Crippen molar-refractivity contribution in [2.75, 3.05) is 7.05 Å². The van der Waals surface area contributed by atoms with Crippen molar-refractivity contribution in [3.05, 3.63) is 23.0 Å². The molecular weight excluding hydrogens is 376 g/mol. The number of halogens is 1. The molecular formula is C21H29ClN4O2. The van der Waals surface area contributed by atoms with Gasteiger partial charge in [0.25, 0.3) is 11.6 Å². The summed E-state index contributed by atoms with van der Waals surface area (Å²) in [5, 5.41) is 8.72. The Morgan fingerprint density at radius 3 is 2.50 bits per heavy atom. The van der Waals surface area contributed by atoms with Crippen LogP contribution in [0.5, 0.6) is 0 Å². The number of aromatic nitrogens is 2. The lowest BCUT2D eigenvalue weighted by Crippen LogP contribution is -2.48. The molecule has 2 atom stereocenters. The van der Waals surface area contributed by atoms with Gasteiger partial charge in [-0.05, 0) is 50.5 Å². The van der Waals surface area contributed by atoms with E-state index in [2.05, 4.69) is 29.3 Å². The summed E-state index contributed by atoms with van der Waals surface area (Å²) in [5.41, 5.74) is 3.06. The van der Waals surface area contributed by atoms with E-state index in [4.69, 9.17) is 4.52 Å². The van der Waals surface area contributed by atoms with Crippen LogP contribution >= 0.6 is 12.4 Å². The molecule has 6 nitrogen and oxygen atoms in total. The minimum atomic E-state index is 0. The van der Waals surface area contributed by atoms with Crippen LogP contribution in [0.25, 0.3) is 11.1 Å². The summed E-state index contributed by atoms with van der Waals surface area (Å²) in [5.74, 6) is 0.737. The number of nitrogens with zero attached hydrogens (tertiary/aromatic N) is 3. The fourth-order valence-corrected chi connectivity index (χ4v) is 4.84. The van der Waals surface area contributed by atoms with Gasteiger partial charge >= 0.3 is 0 Å². The van der Waals surface area contributed by atoms with Crippen molar-refractivity contribution in [1.29, 1.82) is 0 Å². The fourth-order valence-electron chi connectivity index (χ4n) is 4.84. The van der Waals surface area contributed by atoms with Gasteiger partial charge < -0.3 is 14.7 Å². The Balaban J connectivity index is 0.00000192. The first-order valence-corrected chi connectivity index (χ1v) is 10.3. The molecule has 1 saturated carbocycles. The lowest BCUT2D eigenvalue weighted by Gasteiger charge is -2.35. The molecule has 3 aliphatic rings. The van der Waals surface area contributed by atoms with E-state index in [9.17, 15) is 4.79 Å².